The summed E-state index contributed by atoms with van der Waals surface area (Å²) >= 11 is 0. The Balaban J connectivity index is 0.000000491. The lowest BCUT2D eigenvalue weighted by atomic mass is 10.00. The number of Topliss-reactive ketones (excluding diaryl/α,β-unsaturated/α-hetero) is 1. The van der Waals surface area contributed by atoms with Crippen LogP contribution in [-0.2, 0) is 28.7 Å². The quantitative estimate of drug-likeness (QED) is 0.734. The van der Waals surface area contributed by atoms with Gasteiger partial charge in [-0.25, -0.2) is 0 Å². The first-order valence-corrected chi connectivity index (χ1v) is 6.97. The summed E-state index contributed by atoms with van der Waals surface area (Å²) in [6, 6.07) is 0. The van der Waals surface area contributed by atoms with E-state index in [4.69, 9.17) is 9.47 Å². The van der Waals surface area contributed by atoms with Crippen molar-refractivity contribution in [2.75, 3.05) is 13.2 Å². The minimum absolute atomic E-state index is 0.00824. The van der Waals surface area contributed by atoms with Gasteiger partial charge in [-0.1, -0.05) is 0 Å². The smallest absolute Gasteiger partial charge is 0.310 e. The van der Waals surface area contributed by atoms with Crippen molar-refractivity contribution >= 4 is 23.6 Å². The molecule has 0 aliphatic heterocycles. The van der Waals surface area contributed by atoms with Crippen LogP contribution < -0.4 is 5.73 Å². The molecule has 118 valence electrons. The number of hydrogen-bond donors (Lipinski definition) is 1. The highest BCUT2D eigenvalue weighted by Gasteiger charge is 2.68. The first-order valence-electron chi connectivity index (χ1n) is 6.97. The third-order valence-corrected chi connectivity index (χ3v) is 3.48. The van der Waals surface area contributed by atoms with E-state index in [0.29, 0.717) is 13.2 Å². The van der Waals surface area contributed by atoms with Crippen LogP contribution in [0.2, 0.25) is 0 Å². The van der Waals surface area contributed by atoms with E-state index < -0.39 is 11.8 Å². The normalized spacial score (nSPS) is 28.8. The van der Waals surface area contributed by atoms with Crippen molar-refractivity contribution in [1.82, 2.24) is 0 Å². The molecule has 21 heavy (non-hydrogen) atoms. The second kappa shape index (κ2) is 7.19. The number of nitrogens with two attached hydrogens (primary N) is 1. The molecule has 0 spiro atoms. The van der Waals surface area contributed by atoms with Gasteiger partial charge >= 0.3 is 11.9 Å². The molecule has 7 nitrogen and oxygen atoms in total. The highest BCUT2D eigenvalue weighted by atomic mass is 16.5. The molecule has 2 rings (SSSR count). The molecule has 0 heterocycles. The fraction of sp³-hybridized carbons (Fsp3) is 0.714. The van der Waals surface area contributed by atoms with Gasteiger partial charge in [0.25, 0.3) is 0 Å². The SMILES string of the molecule is CC(N)=O.CCOC(=O)C1CC(=O)C2C(C(=O)OCC)C12. The zero-order valence-corrected chi connectivity index (χ0v) is 12.5. The Morgan fingerprint density at radius 2 is 1.62 bits per heavy atom. The van der Waals surface area contributed by atoms with Crippen LogP contribution in [0.3, 0.4) is 0 Å². The maximum Gasteiger partial charge on any atom is 0.310 e. The molecule has 0 aromatic carbocycles. The Hall–Kier alpha value is -1.92. The van der Waals surface area contributed by atoms with Crippen LogP contribution in [0.4, 0.5) is 0 Å². The van der Waals surface area contributed by atoms with Crippen LogP contribution in [0.25, 0.3) is 0 Å². The van der Waals surface area contributed by atoms with E-state index >= 15 is 0 Å². The van der Waals surface area contributed by atoms with Gasteiger partial charge in [0, 0.05) is 19.3 Å². The summed E-state index contributed by atoms with van der Waals surface area (Å²) in [6.07, 6.45) is 0.212. The lowest BCUT2D eigenvalue weighted by Gasteiger charge is -2.11. The molecule has 0 radical (unpaired) electrons. The van der Waals surface area contributed by atoms with Crippen LogP contribution in [0.1, 0.15) is 27.2 Å². The lowest BCUT2D eigenvalue weighted by Crippen LogP contribution is -2.23. The van der Waals surface area contributed by atoms with Gasteiger partial charge in [-0.15, -0.1) is 0 Å². The summed E-state index contributed by atoms with van der Waals surface area (Å²) in [4.78, 5) is 44.1. The topological polar surface area (TPSA) is 113 Å². The van der Waals surface area contributed by atoms with Gasteiger partial charge in [0.15, 0.2) is 0 Å². The van der Waals surface area contributed by atoms with Gasteiger partial charge < -0.3 is 15.2 Å². The average molecular weight is 299 g/mol. The molecule has 2 saturated carbocycles. The summed E-state index contributed by atoms with van der Waals surface area (Å²) in [6.45, 7) is 5.35. The Bertz CT molecular complexity index is 443. The number of hydrogen-bond acceptors (Lipinski definition) is 6. The largest absolute Gasteiger partial charge is 0.466 e. The van der Waals surface area contributed by atoms with Crippen LogP contribution in [0.15, 0.2) is 0 Å². The summed E-state index contributed by atoms with van der Waals surface area (Å²) < 4.78 is 9.81. The van der Waals surface area contributed by atoms with Gasteiger partial charge in [-0.3, -0.25) is 19.2 Å². The molecular formula is C14H21NO6. The molecule has 0 aromatic heterocycles. The van der Waals surface area contributed by atoms with E-state index in [9.17, 15) is 19.2 Å². The maximum absolute atomic E-state index is 11.6. The number of ether oxygens (including phenoxy) is 2. The number of carbonyl (C=O) groups excluding carboxylic acids is 4. The standard InChI is InChI=1S/C12H16O5.C2H5NO/c1-3-16-11(14)6-5-7(13)9-8(6)10(9)12(15)17-4-2;1-2(3)4/h6,8-10H,3-5H2,1-2H3;1H3,(H2,3,4). The van der Waals surface area contributed by atoms with E-state index in [1.807, 2.05) is 0 Å². The predicted octanol–water partition coefficient (Wildman–Crippen LogP) is 0.0554. The average Bonchev–Trinajstić information content (AvgIpc) is 3.02. The van der Waals surface area contributed by atoms with Gasteiger partial charge in [-0.05, 0) is 19.8 Å². The van der Waals surface area contributed by atoms with Gasteiger partial charge in [0.05, 0.1) is 25.0 Å². The van der Waals surface area contributed by atoms with Gasteiger partial charge in [0.2, 0.25) is 5.91 Å². The Morgan fingerprint density at radius 1 is 1.14 bits per heavy atom. The minimum atomic E-state index is -0.443. The summed E-state index contributed by atoms with van der Waals surface area (Å²) in [7, 11) is 0. The van der Waals surface area contributed by atoms with Crippen LogP contribution in [0, 0.1) is 23.7 Å². The van der Waals surface area contributed by atoms with Crippen molar-refractivity contribution in [2.24, 2.45) is 29.4 Å². The molecule has 7 heteroatoms. The number of carbonyl (C=O) groups is 4. The highest BCUT2D eigenvalue weighted by molar-refractivity contribution is 5.99. The Morgan fingerprint density at radius 3 is 2.10 bits per heavy atom. The van der Waals surface area contributed by atoms with E-state index in [0.717, 1.165) is 0 Å². The number of rotatable bonds is 4. The van der Waals surface area contributed by atoms with Crippen molar-refractivity contribution in [3.8, 4) is 0 Å². The molecule has 4 atom stereocenters. The predicted molar refractivity (Wildman–Crippen MR) is 71.7 cm³/mol. The van der Waals surface area contributed by atoms with E-state index in [2.05, 4.69) is 5.73 Å². The van der Waals surface area contributed by atoms with Crippen molar-refractivity contribution in [1.29, 1.82) is 0 Å². The Kier molecular flexibility index (Phi) is 5.87. The molecule has 1 amide bonds. The fourth-order valence-corrected chi connectivity index (χ4v) is 2.77. The summed E-state index contributed by atoms with van der Waals surface area (Å²) in [5.74, 6) is -2.40. The lowest BCUT2D eigenvalue weighted by molar-refractivity contribution is -0.151. The zero-order valence-electron chi connectivity index (χ0n) is 12.5. The molecule has 0 aromatic rings. The molecule has 2 aliphatic carbocycles. The van der Waals surface area contributed by atoms with E-state index in [1.165, 1.54) is 6.92 Å². The molecular weight excluding hydrogens is 278 g/mol. The summed E-state index contributed by atoms with van der Waals surface area (Å²) in [5, 5.41) is 0. The maximum atomic E-state index is 11.6. The van der Waals surface area contributed by atoms with Crippen molar-refractivity contribution in [3.63, 3.8) is 0 Å². The fourth-order valence-electron chi connectivity index (χ4n) is 2.77. The zero-order chi connectivity index (χ0) is 16.2. The molecule has 4 unspecified atom stereocenters. The summed E-state index contributed by atoms with van der Waals surface area (Å²) in [5.41, 5.74) is 4.47. The van der Waals surface area contributed by atoms with Crippen molar-refractivity contribution in [3.05, 3.63) is 0 Å². The van der Waals surface area contributed by atoms with E-state index in [1.54, 1.807) is 13.8 Å². The highest BCUT2D eigenvalue weighted by Crippen LogP contribution is 2.59. The molecule has 2 N–H and O–H groups in total. The molecule has 2 fully saturated rings. The molecule has 2 aliphatic rings. The van der Waals surface area contributed by atoms with Crippen LogP contribution >= 0.6 is 0 Å². The van der Waals surface area contributed by atoms with Crippen molar-refractivity contribution < 1.29 is 28.7 Å². The minimum Gasteiger partial charge on any atom is -0.466 e. The Labute approximate surface area is 123 Å². The van der Waals surface area contributed by atoms with Gasteiger partial charge in [0.1, 0.15) is 5.78 Å². The van der Waals surface area contributed by atoms with Crippen LogP contribution in [-0.4, -0.2) is 36.8 Å². The van der Waals surface area contributed by atoms with Gasteiger partial charge in [-0.2, -0.15) is 0 Å². The van der Waals surface area contributed by atoms with Crippen molar-refractivity contribution in [2.45, 2.75) is 27.2 Å². The van der Waals surface area contributed by atoms with E-state index in [-0.39, 0.29) is 41.9 Å². The second-order valence-electron chi connectivity index (χ2n) is 5.02. The first-order chi connectivity index (χ1) is 9.84. The first kappa shape index (κ1) is 17.1. The third-order valence-electron chi connectivity index (χ3n) is 3.48. The molecule has 0 saturated heterocycles. The number of ketones is 1. The number of amides is 1. The monoisotopic (exact) mass is 299 g/mol. The molecule has 0 bridgehead atoms. The number of fused-ring (bicyclic) bond motifs is 1. The van der Waals surface area contributed by atoms with Crippen LogP contribution in [0.5, 0.6) is 0 Å². The third kappa shape index (κ3) is 4.03. The number of esters is 2. The number of primary amides is 1. The second-order valence-corrected chi connectivity index (χ2v) is 5.02.